The number of nitrogens with two attached hydrogens (primary N) is 1. The maximum absolute atomic E-state index is 5.72. The highest BCUT2D eigenvalue weighted by Crippen LogP contribution is 2.15. The van der Waals surface area contributed by atoms with Gasteiger partial charge in [0.25, 0.3) is 0 Å². The predicted molar refractivity (Wildman–Crippen MR) is 67.5 cm³/mol. The van der Waals surface area contributed by atoms with Gasteiger partial charge in [0.1, 0.15) is 0 Å². The van der Waals surface area contributed by atoms with Crippen molar-refractivity contribution in [1.29, 1.82) is 0 Å². The van der Waals surface area contributed by atoms with Crippen LogP contribution in [0.25, 0.3) is 0 Å². The monoisotopic (exact) mass is 240 g/mol. The molecular formula is C12H24N4O. The van der Waals surface area contributed by atoms with Crippen LogP contribution in [0, 0.1) is 5.41 Å². The Morgan fingerprint density at radius 3 is 2.71 bits per heavy atom. The van der Waals surface area contributed by atoms with E-state index in [0.29, 0.717) is 13.1 Å². The summed E-state index contributed by atoms with van der Waals surface area (Å²) in [5.74, 6) is 1.48. The average Bonchev–Trinajstić information content (AvgIpc) is 2.65. The zero-order valence-electron chi connectivity index (χ0n) is 11.4. The molecule has 5 heteroatoms. The summed E-state index contributed by atoms with van der Waals surface area (Å²) in [4.78, 5) is 6.52. The minimum atomic E-state index is 0.116. The highest BCUT2D eigenvalue weighted by Gasteiger charge is 2.19. The van der Waals surface area contributed by atoms with E-state index >= 15 is 0 Å². The third-order valence-corrected chi connectivity index (χ3v) is 2.64. The molecule has 0 aliphatic heterocycles. The molecule has 1 aromatic rings. The normalized spacial score (nSPS) is 12.4. The highest BCUT2D eigenvalue weighted by molar-refractivity contribution is 4.87. The van der Waals surface area contributed by atoms with Gasteiger partial charge in [0.2, 0.25) is 5.89 Å². The van der Waals surface area contributed by atoms with Crippen LogP contribution in [0.5, 0.6) is 0 Å². The van der Waals surface area contributed by atoms with Gasteiger partial charge >= 0.3 is 0 Å². The minimum Gasteiger partial charge on any atom is -0.339 e. The Labute approximate surface area is 103 Å². The largest absolute Gasteiger partial charge is 0.339 e. The minimum absolute atomic E-state index is 0.116. The predicted octanol–water partition coefficient (Wildman–Crippen LogP) is 1.44. The SMILES string of the molecule is CCCc1nc(CN(C)CC(C)(C)CN)no1. The van der Waals surface area contributed by atoms with E-state index in [1.807, 2.05) is 7.05 Å². The Morgan fingerprint density at radius 2 is 2.12 bits per heavy atom. The van der Waals surface area contributed by atoms with Crippen LogP contribution in [-0.4, -0.2) is 35.2 Å². The second-order valence-electron chi connectivity index (χ2n) is 5.39. The molecule has 1 rings (SSSR count). The summed E-state index contributed by atoms with van der Waals surface area (Å²) in [6, 6.07) is 0. The molecule has 17 heavy (non-hydrogen) atoms. The van der Waals surface area contributed by atoms with Crippen molar-refractivity contribution in [3.8, 4) is 0 Å². The van der Waals surface area contributed by atoms with Gasteiger partial charge in [-0.1, -0.05) is 25.9 Å². The lowest BCUT2D eigenvalue weighted by molar-refractivity contribution is 0.204. The molecule has 0 unspecified atom stereocenters. The van der Waals surface area contributed by atoms with Gasteiger partial charge in [-0.2, -0.15) is 4.98 Å². The average molecular weight is 240 g/mol. The van der Waals surface area contributed by atoms with Crippen molar-refractivity contribution in [2.75, 3.05) is 20.1 Å². The molecular weight excluding hydrogens is 216 g/mol. The number of aryl methyl sites for hydroxylation is 1. The summed E-state index contributed by atoms with van der Waals surface area (Å²) in [5, 5.41) is 3.97. The van der Waals surface area contributed by atoms with Gasteiger partial charge in [-0.15, -0.1) is 0 Å². The fraction of sp³-hybridized carbons (Fsp3) is 0.833. The lowest BCUT2D eigenvalue weighted by atomic mass is 9.93. The first-order chi connectivity index (χ1) is 7.96. The molecule has 0 atom stereocenters. The molecule has 1 aromatic heterocycles. The van der Waals surface area contributed by atoms with E-state index in [1.165, 1.54) is 0 Å². The van der Waals surface area contributed by atoms with Gasteiger partial charge < -0.3 is 10.3 Å². The van der Waals surface area contributed by atoms with Crippen LogP contribution in [-0.2, 0) is 13.0 Å². The fourth-order valence-electron chi connectivity index (χ4n) is 1.76. The lowest BCUT2D eigenvalue weighted by Gasteiger charge is -2.28. The molecule has 0 saturated heterocycles. The van der Waals surface area contributed by atoms with Crippen LogP contribution >= 0.6 is 0 Å². The fourth-order valence-corrected chi connectivity index (χ4v) is 1.76. The van der Waals surface area contributed by atoms with Crippen molar-refractivity contribution in [3.05, 3.63) is 11.7 Å². The Kier molecular flexibility index (Phi) is 5.08. The number of hydrogen-bond donors (Lipinski definition) is 1. The molecule has 0 bridgehead atoms. The second kappa shape index (κ2) is 6.12. The zero-order valence-corrected chi connectivity index (χ0v) is 11.4. The smallest absolute Gasteiger partial charge is 0.226 e. The third kappa shape index (κ3) is 4.83. The zero-order chi connectivity index (χ0) is 12.9. The Bertz CT molecular complexity index is 335. The maximum atomic E-state index is 5.72. The van der Waals surface area contributed by atoms with Gasteiger partial charge in [-0.05, 0) is 25.4 Å². The van der Waals surface area contributed by atoms with Crippen LogP contribution in [0.1, 0.15) is 38.9 Å². The van der Waals surface area contributed by atoms with Gasteiger partial charge in [0.05, 0.1) is 6.54 Å². The molecule has 0 aliphatic rings. The van der Waals surface area contributed by atoms with Crippen molar-refractivity contribution >= 4 is 0 Å². The molecule has 0 spiro atoms. The number of aromatic nitrogens is 2. The summed E-state index contributed by atoms with van der Waals surface area (Å²) in [7, 11) is 2.05. The summed E-state index contributed by atoms with van der Waals surface area (Å²) in [6.07, 6.45) is 1.88. The molecule has 0 aliphatic carbocycles. The molecule has 0 saturated carbocycles. The van der Waals surface area contributed by atoms with Crippen molar-refractivity contribution in [1.82, 2.24) is 15.0 Å². The van der Waals surface area contributed by atoms with Crippen molar-refractivity contribution < 1.29 is 4.52 Å². The van der Waals surface area contributed by atoms with Gasteiger partial charge in [0.15, 0.2) is 5.82 Å². The number of nitrogens with zero attached hydrogens (tertiary/aromatic N) is 3. The Balaban J connectivity index is 2.47. The van der Waals surface area contributed by atoms with E-state index in [2.05, 4.69) is 35.8 Å². The lowest BCUT2D eigenvalue weighted by Crippen LogP contribution is -2.36. The van der Waals surface area contributed by atoms with Gasteiger partial charge in [0, 0.05) is 13.0 Å². The van der Waals surface area contributed by atoms with Crippen molar-refractivity contribution in [3.63, 3.8) is 0 Å². The standard InChI is InChI=1S/C12H24N4O/c1-5-6-11-14-10(15-17-11)7-16(4)9-12(2,3)8-13/h5-9,13H2,1-4H3. The van der Waals surface area contributed by atoms with Crippen LogP contribution < -0.4 is 5.73 Å². The van der Waals surface area contributed by atoms with E-state index in [1.54, 1.807) is 0 Å². The number of hydrogen-bond acceptors (Lipinski definition) is 5. The van der Waals surface area contributed by atoms with Crippen LogP contribution in [0.4, 0.5) is 0 Å². The molecule has 98 valence electrons. The topological polar surface area (TPSA) is 68.2 Å². The van der Waals surface area contributed by atoms with E-state index in [9.17, 15) is 0 Å². The molecule has 0 radical (unpaired) electrons. The number of rotatable bonds is 7. The summed E-state index contributed by atoms with van der Waals surface area (Å²) in [6.45, 7) is 8.70. The maximum Gasteiger partial charge on any atom is 0.226 e. The molecule has 1 heterocycles. The van der Waals surface area contributed by atoms with Crippen LogP contribution in [0.2, 0.25) is 0 Å². The first kappa shape index (κ1) is 14.1. The van der Waals surface area contributed by atoms with Crippen LogP contribution in [0.15, 0.2) is 4.52 Å². The molecule has 0 fully saturated rings. The van der Waals surface area contributed by atoms with Crippen LogP contribution in [0.3, 0.4) is 0 Å². The summed E-state index contributed by atoms with van der Waals surface area (Å²) in [5.41, 5.74) is 5.83. The van der Waals surface area contributed by atoms with E-state index in [0.717, 1.165) is 31.1 Å². The summed E-state index contributed by atoms with van der Waals surface area (Å²) >= 11 is 0. The first-order valence-corrected chi connectivity index (χ1v) is 6.17. The van der Waals surface area contributed by atoms with Crippen molar-refractivity contribution in [2.24, 2.45) is 11.1 Å². The second-order valence-corrected chi connectivity index (χ2v) is 5.39. The molecule has 0 aromatic carbocycles. The van der Waals surface area contributed by atoms with E-state index < -0.39 is 0 Å². The Morgan fingerprint density at radius 1 is 1.41 bits per heavy atom. The van der Waals surface area contributed by atoms with E-state index in [-0.39, 0.29) is 5.41 Å². The summed E-state index contributed by atoms with van der Waals surface area (Å²) < 4.78 is 5.15. The van der Waals surface area contributed by atoms with E-state index in [4.69, 9.17) is 10.3 Å². The quantitative estimate of drug-likeness (QED) is 0.781. The molecule has 2 N–H and O–H groups in total. The molecule has 0 amide bonds. The van der Waals surface area contributed by atoms with Gasteiger partial charge in [-0.25, -0.2) is 0 Å². The first-order valence-electron chi connectivity index (χ1n) is 6.17. The van der Waals surface area contributed by atoms with Crippen molar-refractivity contribution in [2.45, 2.75) is 40.2 Å². The Hall–Kier alpha value is -0.940. The highest BCUT2D eigenvalue weighted by atomic mass is 16.5. The van der Waals surface area contributed by atoms with Gasteiger partial charge in [-0.3, -0.25) is 4.90 Å². The third-order valence-electron chi connectivity index (χ3n) is 2.64. The molecule has 5 nitrogen and oxygen atoms in total.